The molecule has 12 rings (SSSR count). The van der Waals surface area contributed by atoms with E-state index in [2.05, 4.69) is 54.5 Å². The first kappa shape index (κ1) is 83.7. The van der Waals surface area contributed by atoms with Gasteiger partial charge in [-0.15, -0.1) is 0 Å². The minimum atomic E-state index is -2.03. The lowest BCUT2D eigenvalue weighted by Crippen LogP contribution is -2.68. The summed E-state index contributed by atoms with van der Waals surface area (Å²) >= 11 is 0. The molecule has 0 spiro atoms. The second-order valence-corrected chi connectivity index (χ2v) is 33.9. The highest BCUT2D eigenvalue weighted by Gasteiger charge is 2.73. The minimum Gasteiger partial charge on any atom is -0.508 e. The van der Waals surface area contributed by atoms with Gasteiger partial charge in [0, 0.05) is 6.08 Å². The first-order chi connectivity index (χ1) is 50.8. The largest absolute Gasteiger partial charge is 0.508 e. The molecule has 6 aliphatic heterocycles. The van der Waals surface area contributed by atoms with E-state index in [1.54, 1.807) is 0 Å². The molecule has 11 aliphatic rings. The van der Waals surface area contributed by atoms with Crippen LogP contribution in [0.15, 0.2) is 42.0 Å². The number of aliphatic hydroxyl groups is 18. The monoisotopic (exact) mass is 1540 g/mol. The molecular weight excluding hydrogens is 1430 g/mol. The number of ether oxygens (including phenoxy) is 13. The van der Waals surface area contributed by atoms with Crippen molar-refractivity contribution in [2.45, 2.75) is 304 Å². The van der Waals surface area contributed by atoms with Gasteiger partial charge in [-0.25, -0.2) is 4.79 Å². The summed E-state index contributed by atoms with van der Waals surface area (Å²) in [6.07, 6.45) is -43.7. The Morgan fingerprint density at radius 3 is 1.72 bits per heavy atom. The number of esters is 2. The number of fused-ring (bicyclic) bond motifs is 7. The van der Waals surface area contributed by atoms with E-state index in [1.165, 1.54) is 37.3 Å². The smallest absolute Gasteiger partial charge is 0.331 e. The summed E-state index contributed by atoms with van der Waals surface area (Å²) in [5.41, 5.74) is -2.84. The topological polar surface area (TPSA) is 539 Å². The van der Waals surface area contributed by atoms with E-state index < -0.39 is 268 Å². The fourth-order valence-electron chi connectivity index (χ4n) is 20.2. The highest BCUT2D eigenvalue weighted by molar-refractivity contribution is 5.87. The molecule has 10 fully saturated rings. The Morgan fingerprint density at radius 2 is 1.06 bits per heavy atom. The molecule has 612 valence electrons. The van der Waals surface area contributed by atoms with Gasteiger partial charge in [0.25, 0.3) is 0 Å². The maximum Gasteiger partial charge on any atom is 0.331 e. The highest BCUT2D eigenvalue weighted by atomic mass is 16.8. The number of hydrogen-bond acceptors (Lipinski definition) is 34. The van der Waals surface area contributed by atoms with Crippen molar-refractivity contribution < 1.29 is 168 Å². The van der Waals surface area contributed by atoms with Crippen LogP contribution in [0.2, 0.25) is 0 Å². The molecule has 4 saturated carbocycles. The lowest BCUT2D eigenvalue weighted by atomic mass is 9.33. The normalized spacial score (nSPS) is 50.1. The van der Waals surface area contributed by atoms with E-state index in [9.17, 15) is 102 Å². The van der Waals surface area contributed by atoms with Crippen molar-refractivity contribution >= 4 is 18.0 Å². The van der Waals surface area contributed by atoms with Crippen molar-refractivity contribution in [3.63, 3.8) is 0 Å². The van der Waals surface area contributed by atoms with Gasteiger partial charge in [-0.2, -0.15) is 0 Å². The van der Waals surface area contributed by atoms with Crippen molar-refractivity contribution in [3.05, 3.63) is 47.6 Å². The van der Waals surface area contributed by atoms with Crippen molar-refractivity contribution in [2.24, 2.45) is 50.2 Å². The molecule has 38 atom stereocenters. The van der Waals surface area contributed by atoms with Crippen LogP contribution in [0, 0.1) is 50.2 Å². The van der Waals surface area contributed by atoms with Crippen LogP contribution in [-0.2, 0) is 71.2 Å². The Bertz CT molecular complexity index is 3300. The number of allylic oxidation sites excluding steroid dienone is 2. The third kappa shape index (κ3) is 15.0. The zero-order valence-corrected chi connectivity index (χ0v) is 61.7. The average molecular weight is 1550 g/mol. The van der Waals surface area contributed by atoms with E-state index in [0.717, 1.165) is 11.6 Å². The van der Waals surface area contributed by atoms with Gasteiger partial charge in [0.15, 0.2) is 37.6 Å². The van der Waals surface area contributed by atoms with E-state index in [4.69, 9.17) is 61.6 Å². The van der Waals surface area contributed by atoms with Gasteiger partial charge in [-0.3, -0.25) is 4.79 Å². The first-order valence-corrected chi connectivity index (χ1v) is 37.6. The minimum absolute atomic E-state index is 0.00925. The molecule has 19 N–H and O–H groups in total. The Balaban J connectivity index is 0.748. The second kappa shape index (κ2) is 32.2. The Kier molecular flexibility index (Phi) is 24.9. The zero-order chi connectivity index (χ0) is 78.6. The quantitative estimate of drug-likeness (QED) is 0.0274. The van der Waals surface area contributed by atoms with Crippen LogP contribution in [0.5, 0.6) is 5.75 Å². The maximum absolute atomic E-state index is 15.5. The molecule has 0 bridgehead atoms. The molecule has 108 heavy (non-hydrogen) atoms. The standard InChI is InChI=1S/C74H112O34/c1-30-45(82)48(85)53(90)63(98-30)106-60-38(27-77)100-62(56(93)51(60)88)97-29-39-47(84)50(87)55(92)66(102-39)108-68(95)74-22-21-69(2,3)23-34(74)33-14-15-41-71(6)19-18-43(70(4,5)40(71)17-20-72(41,7)73(33,8)24-42(74)80)103-67-61(107-64-54(91)49(86)46(83)36(25-75)99-64)58(35(79)28-96-67)105-65-57(94)52(89)59(37(26-76)101-65)104-44(81)16-11-31-9-12-32(78)13-10-31/h9-14,16,30,34-43,45-67,75-80,82-94H,15,17-29H2,1-8H3/t30-,34?,35+,36+,37-,38-,39-,40+,41-,42-,43+,45-,46+,47+,48+,49-,50-,51-,52+,53-,54+,55+,56+,57+,58-,59-,60-,61-,62+,63-,64+,65-,66-,67-,71-,72-,73-,74+/m0/s1. The molecule has 0 radical (unpaired) electrons. The number of hydrogen-bond donors (Lipinski definition) is 19. The molecule has 0 aromatic heterocycles. The van der Waals surface area contributed by atoms with E-state index in [1.807, 2.05) is 0 Å². The summed E-state index contributed by atoms with van der Waals surface area (Å²) in [4.78, 5) is 28.5. The molecule has 6 saturated heterocycles. The number of phenols is 1. The fourth-order valence-corrected chi connectivity index (χ4v) is 20.2. The number of rotatable bonds is 19. The summed E-state index contributed by atoms with van der Waals surface area (Å²) in [6.45, 7) is 12.7. The molecule has 34 heteroatoms. The van der Waals surface area contributed by atoms with Gasteiger partial charge >= 0.3 is 11.9 Å². The third-order valence-corrected chi connectivity index (χ3v) is 26.7. The van der Waals surface area contributed by atoms with E-state index in [0.29, 0.717) is 50.5 Å². The van der Waals surface area contributed by atoms with Crippen LogP contribution in [-0.4, -0.2) is 332 Å². The van der Waals surface area contributed by atoms with Gasteiger partial charge in [0.05, 0.1) is 51.3 Å². The summed E-state index contributed by atoms with van der Waals surface area (Å²) < 4.78 is 78.2. The SMILES string of the molecule is C[C@@H]1O[C@@H](O[C@@H]2[C@@H](O)[C@@H](O)[C@H](OC[C@@H]3O[C@@H](OC(=O)[C@]45CCC(C)(C)CC4C4=CC[C@H]6[C@@]7(C)CC[C@@H](O[C@@H]8OC[C@@H](O)[C@H](O[C@@H]9O[C@@H](CO)[C@H](OC(=O)C=Cc%10ccc(O)cc%10)[C@H](O)[C@H]9O)[C@@H]8O[C@H]8O[C@H](CO)[C@@H](O)[C@H](O)[C@H]8O)C(C)(C)[C@H]7CC[C@]6(C)[C@@]4(C)C[C@@H]5O)[C@H](O)[C@@H](O)[C@@H]3O)O[C@H]2CO)[C@@H](O)[C@H](O)[C@H]1O. The van der Waals surface area contributed by atoms with Crippen LogP contribution in [0.1, 0.15) is 119 Å². The molecular formula is C74H112O34. The maximum atomic E-state index is 15.5. The van der Waals surface area contributed by atoms with Gasteiger partial charge in [0.1, 0.15) is 139 Å². The second-order valence-electron chi connectivity index (χ2n) is 33.9. The van der Waals surface area contributed by atoms with Crippen molar-refractivity contribution in [3.8, 4) is 5.75 Å². The predicted molar refractivity (Wildman–Crippen MR) is 363 cm³/mol. The number of aromatic hydroxyl groups is 1. The van der Waals surface area contributed by atoms with Crippen LogP contribution < -0.4 is 0 Å². The molecule has 1 aromatic rings. The lowest BCUT2D eigenvalue weighted by molar-refractivity contribution is -0.389. The summed E-state index contributed by atoms with van der Waals surface area (Å²) in [6, 6.07) is 5.84. The molecule has 1 aromatic carbocycles. The van der Waals surface area contributed by atoms with Crippen LogP contribution in [0.4, 0.5) is 0 Å². The number of carbonyl (C=O) groups excluding carboxylic acids is 2. The van der Waals surface area contributed by atoms with E-state index >= 15 is 4.79 Å². The predicted octanol–water partition coefficient (Wildman–Crippen LogP) is -3.78. The molecule has 5 aliphatic carbocycles. The number of carbonyl (C=O) groups is 2. The molecule has 6 heterocycles. The summed E-state index contributed by atoms with van der Waals surface area (Å²) in [7, 11) is 0. The molecule has 34 nitrogen and oxygen atoms in total. The van der Waals surface area contributed by atoms with Gasteiger partial charge in [-0.1, -0.05) is 72.2 Å². The Morgan fingerprint density at radius 1 is 0.519 bits per heavy atom. The van der Waals surface area contributed by atoms with Gasteiger partial charge in [0.2, 0.25) is 6.29 Å². The van der Waals surface area contributed by atoms with Crippen LogP contribution in [0.3, 0.4) is 0 Å². The lowest BCUT2D eigenvalue weighted by Gasteiger charge is -2.71. The van der Waals surface area contributed by atoms with Gasteiger partial charge in [-0.05, 0) is 133 Å². The van der Waals surface area contributed by atoms with Crippen molar-refractivity contribution in [2.75, 3.05) is 33.0 Å². The first-order valence-electron chi connectivity index (χ1n) is 37.6. The van der Waals surface area contributed by atoms with Crippen LogP contribution in [0.25, 0.3) is 6.08 Å². The van der Waals surface area contributed by atoms with Crippen molar-refractivity contribution in [1.82, 2.24) is 0 Å². The summed E-state index contributed by atoms with van der Waals surface area (Å²) in [5.74, 6) is -2.62. The molecule has 1 unspecified atom stereocenters. The zero-order valence-electron chi connectivity index (χ0n) is 61.7. The number of aliphatic hydroxyl groups excluding tert-OH is 18. The highest BCUT2D eigenvalue weighted by Crippen LogP contribution is 2.76. The fraction of sp³-hybridized carbons (Fsp3) is 0.838. The van der Waals surface area contributed by atoms with Crippen LogP contribution >= 0.6 is 0 Å². The Hall–Kier alpha value is -3.72. The third-order valence-electron chi connectivity index (χ3n) is 26.7. The average Bonchev–Trinajstić information content (AvgIpc) is 0.670. The number of phenolic OH excluding ortho intramolecular Hbond substituents is 1. The summed E-state index contributed by atoms with van der Waals surface area (Å²) in [5, 5.41) is 210. The van der Waals surface area contributed by atoms with Crippen molar-refractivity contribution in [1.29, 1.82) is 0 Å². The number of benzene rings is 1. The van der Waals surface area contributed by atoms with E-state index in [-0.39, 0.29) is 35.8 Å². The Labute approximate surface area is 624 Å². The van der Waals surface area contributed by atoms with Gasteiger partial charge < -0.3 is 159 Å². The molecule has 0 amide bonds.